The molecule has 0 saturated carbocycles. The predicted molar refractivity (Wildman–Crippen MR) is 101 cm³/mol. The molecule has 0 unspecified atom stereocenters. The third-order valence-corrected chi connectivity index (χ3v) is 4.29. The molecular formula is C20H22N4O3. The number of methoxy groups -OCH3 is 1. The summed E-state index contributed by atoms with van der Waals surface area (Å²) in [6, 6.07) is 10.8. The second-order valence-electron chi connectivity index (χ2n) is 6.54. The van der Waals surface area contributed by atoms with E-state index in [-0.39, 0.29) is 18.4 Å². The van der Waals surface area contributed by atoms with Crippen LogP contribution in [0.1, 0.15) is 48.3 Å². The first-order valence-corrected chi connectivity index (χ1v) is 8.75. The fourth-order valence-electron chi connectivity index (χ4n) is 2.87. The molecule has 0 radical (unpaired) electrons. The van der Waals surface area contributed by atoms with Gasteiger partial charge in [-0.15, -0.1) is 0 Å². The van der Waals surface area contributed by atoms with E-state index in [1.807, 2.05) is 44.2 Å². The van der Waals surface area contributed by atoms with E-state index in [9.17, 15) is 9.59 Å². The molecule has 0 fully saturated rings. The van der Waals surface area contributed by atoms with Crippen LogP contribution in [0, 0.1) is 0 Å². The van der Waals surface area contributed by atoms with E-state index in [2.05, 4.69) is 15.4 Å². The maximum Gasteiger partial charge on any atom is 0.307 e. The van der Waals surface area contributed by atoms with Crippen LogP contribution in [0.2, 0.25) is 0 Å². The van der Waals surface area contributed by atoms with Gasteiger partial charge in [0.25, 0.3) is 5.91 Å². The van der Waals surface area contributed by atoms with Crippen LogP contribution >= 0.6 is 0 Å². The average molecular weight is 366 g/mol. The number of rotatable bonds is 6. The fraction of sp³-hybridized carbons (Fsp3) is 0.300. The summed E-state index contributed by atoms with van der Waals surface area (Å²) in [4.78, 5) is 28.9. The van der Waals surface area contributed by atoms with Crippen molar-refractivity contribution in [3.63, 3.8) is 0 Å². The maximum absolute atomic E-state index is 12.8. The molecule has 7 heteroatoms. The van der Waals surface area contributed by atoms with Gasteiger partial charge in [0.2, 0.25) is 0 Å². The summed E-state index contributed by atoms with van der Waals surface area (Å²) in [5, 5.41) is 8.01. The highest BCUT2D eigenvalue weighted by Gasteiger charge is 2.20. The van der Waals surface area contributed by atoms with Crippen molar-refractivity contribution < 1.29 is 14.3 Å². The number of esters is 1. The molecule has 0 aliphatic heterocycles. The highest BCUT2D eigenvalue weighted by atomic mass is 16.5. The van der Waals surface area contributed by atoms with Crippen LogP contribution in [0.25, 0.3) is 11.0 Å². The Morgan fingerprint density at radius 3 is 2.59 bits per heavy atom. The summed E-state index contributed by atoms with van der Waals surface area (Å²) in [7, 11) is 1.33. The van der Waals surface area contributed by atoms with E-state index in [1.165, 1.54) is 13.3 Å². The van der Waals surface area contributed by atoms with Crippen molar-refractivity contribution in [3.8, 4) is 0 Å². The van der Waals surface area contributed by atoms with E-state index in [4.69, 9.17) is 4.74 Å². The molecule has 2 aromatic heterocycles. The van der Waals surface area contributed by atoms with Gasteiger partial charge in [0, 0.05) is 17.6 Å². The molecular weight excluding hydrogens is 344 g/mol. The number of hydrogen-bond donors (Lipinski definition) is 1. The Morgan fingerprint density at radius 2 is 1.93 bits per heavy atom. The van der Waals surface area contributed by atoms with Crippen LogP contribution in [-0.2, 0) is 9.53 Å². The Morgan fingerprint density at radius 1 is 1.19 bits per heavy atom. The van der Waals surface area contributed by atoms with Gasteiger partial charge in [-0.3, -0.25) is 9.59 Å². The monoisotopic (exact) mass is 366 g/mol. The number of aromatic nitrogens is 3. The van der Waals surface area contributed by atoms with Crippen LogP contribution in [0.15, 0.2) is 48.8 Å². The Balaban J connectivity index is 1.84. The maximum atomic E-state index is 12.8. The minimum Gasteiger partial charge on any atom is -0.469 e. The van der Waals surface area contributed by atoms with Gasteiger partial charge in [-0.25, -0.2) is 9.67 Å². The van der Waals surface area contributed by atoms with Gasteiger partial charge in [-0.2, -0.15) is 5.10 Å². The number of fused-ring (bicyclic) bond motifs is 1. The molecule has 27 heavy (non-hydrogen) atoms. The van der Waals surface area contributed by atoms with E-state index in [0.29, 0.717) is 5.56 Å². The van der Waals surface area contributed by atoms with E-state index >= 15 is 0 Å². The van der Waals surface area contributed by atoms with Gasteiger partial charge in [0.05, 0.1) is 31.3 Å². The smallest absolute Gasteiger partial charge is 0.307 e. The molecule has 3 rings (SSSR count). The second-order valence-corrected chi connectivity index (χ2v) is 6.54. The lowest BCUT2D eigenvalue weighted by molar-refractivity contribution is -0.141. The van der Waals surface area contributed by atoms with Crippen LogP contribution in [0.4, 0.5) is 0 Å². The van der Waals surface area contributed by atoms with Gasteiger partial charge in [-0.05, 0) is 25.5 Å². The van der Waals surface area contributed by atoms with Crippen molar-refractivity contribution in [2.24, 2.45) is 0 Å². The van der Waals surface area contributed by atoms with E-state index in [1.54, 1.807) is 16.9 Å². The minimum atomic E-state index is -0.486. The van der Waals surface area contributed by atoms with Crippen molar-refractivity contribution >= 4 is 22.9 Å². The van der Waals surface area contributed by atoms with Crippen LogP contribution < -0.4 is 5.32 Å². The quantitative estimate of drug-likeness (QED) is 0.678. The molecule has 1 amide bonds. The van der Waals surface area contributed by atoms with Crippen molar-refractivity contribution in [2.75, 3.05) is 7.11 Å². The molecule has 1 aromatic carbocycles. The Bertz CT molecular complexity index is 950. The molecule has 0 aliphatic carbocycles. The Labute approximate surface area is 157 Å². The SMILES string of the molecule is COC(=O)C[C@H](NC(=O)c1cnc2c(cnn2C(C)C)c1)c1ccccc1. The number of benzene rings is 1. The van der Waals surface area contributed by atoms with Crippen LogP contribution in [-0.4, -0.2) is 33.8 Å². The average Bonchev–Trinajstić information content (AvgIpc) is 3.11. The largest absolute Gasteiger partial charge is 0.469 e. The summed E-state index contributed by atoms with van der Waals surface area (Å²) < 4.78 is 6.57. The lowest BCUT2D eigenvalue weighted by Crippen LogP contribution is -2.30. The van der Waals surface area contributed by atoms with Crippen LogP contribution in [0.5, 0.6) is 0 Å². The fourth-order valence-corrected chi connectivity index (χ4v) is 2.87. The zero-order chi connectivity index (χ0) is 19.4. The van der Waals surface area contributed by atoms with Gasteiger partial charge in [0.15, 0.2) is 5.65 Å². The van der Waals surface area contributed by atoms with E-state index < -0.39 is 12.0 Å². The normalized spacial score (nSPS) is 12.1. The second kappa shape index (κ2) is 7.99. The number of hydrogen-bond acceptors (Lipinski definition) is 5. The van der Waals surface area contributed by atoms with Gasteiger partial charge >= 0.3 is 5.97 Å². The number of ether oxygens (including phenoxy) is 1. The van der Waals surface area contributed by atoms with Gasteiger partial charge in [-0.1, -0.05) is 30.3 Å². The first-order valence-electron chi connectivity index (χ1n) is 8.75. The Hall–Kier alpha value is -3.22. The van der Waals surface area contributed by atoms with Gasteiger partial charge in [0.1, 0.15) is 0 Å². The highest BCUT2D eigenvalue weighted by Crippen LogP contribution is 2.20. The predicted octanol–water partition coefficient (Wildman–Crippen LogP) is 3.05. The molecule has 2 heterocycles. The summed E-state index contributed by atoms with van der Waals surface area (Å²) in [6.07, 6.45) is 3.27. The highest BCUT2D eigenvalue weighted by molar-refractivity contribution is 5.97. The summed E-state index contributed by atoms with van der Waals surface area (Å²) >= 11 is 0. The standard InChI is InChI=1S/C20H22N4O3/c1-13(2)24-19-15(12-22-24)9-16(11-21-19)20(26)23-17(10-18(25)27-3)14-7-5-4-6-8-14/h4-9,11-13,17H,10H2,1-3H3,(H,23,26)/t17-/m0/s1. The summed E-state index contributed by atoms with van der Waals surface area (Å²) in [5.41, 5.74) is 1.98. The molecule has 7 nitrogen and oxygen atoms in total. The number of carbonyl (C=O) groups is 2. The summed E-state index contributed by atoms with van der Waals surface area (Å²) in [5.74, 6) is -0.699. The third-order valence-electron chi connectivity index (χ3n) is 4.29. The number of pyridine rings is 1. The summed E-state index contributed by atoms with van der Waals surface area (Å²) in [6.45, 7) is 4.04. The first kappa shape index (κ1) is 18.6. The van der Waals surface area contributed by atoms with Crippen molar-refractivity contribution in [2.45, 2.75) is 32.4 Å². The Kier molecular flexibility index (Phi) is 5.49. The third kappa shape index (κ3) is 4.13. The molecule has 1 atom stereocenters. The van der Waals surface area contributed by atoms with Crippen molar-refractivity contribution in [3.05, 3.63) is 59.9 Å². The first-order chi connectivity index (χ1) is 13.0. The number of carbonyl (C=O) groups excluding carboxylic acids is 2. The molecule has 1 N–H and O–H groups in total. The molecule has 3 aromatic rings. The zero-order valence-electron chi connectivity index (χ0n) is 15.5. The lowest BCUT2D eigenvalue weighted by atomic mass is 10.0. The lowest BCUT2D eigenvalue weighted by Gasteiger charge is -2.18. The van der Waals surface area contributed by atoms with Crippen LogP contribution in [0.3, 0.4) is 0 Å². The van der Waals surface area contributed by atoms with E-state index in [0.717, 1.165) is 16.6 Å². The van der Waals surface area contributed by atoms with Crippen molar-refractivity contribution in [1.29, 1.82) is 0 Å². The van der Waals surface area contributed by atoms with Gasteiger partial charge < -0.3 is 10.1 Å². The topological polar surface area (TPSA) is 86.1 Å². The molecule has 0 aliphatic rings. The minimum absolute atomic E-state index is 0.0488. The molecule has 140 valence electrons. The number of nitrogens with one attached hydrogen (secondary N) is 1. The van der Waals surface area contributed by atoms with Crippen molar-refractivity contribution in [1.82, 2.24) is 20.1 Å². The zero-order valence-corrected chi connectivity index (χ0v) is 15.5. The number of amides is 1. The molecule has 0 bridgehead atoms. The molecule has 0 saturated heterocycles. The molecule has 0 spiro atoms. The number of nitrogens with zero attached hydrogens (tertiary/aromatic N) is 3.